The number of aliphatic hydroxyl groups excluding tert-OH is 2. The lowest BCUT2D eigenvalue weighted by atomic mass is 10.1. The molecule has 0 saturated carbocycles. The largest absolute Gasteiger partial charge is 0.389 e. The normalized spacial score (nSPS) is 13.0. The van der Waals surface area contributed by atoms with E-state index in [1.54, 1.807) is 12.2 Å². The Morgan fingerprint density at radius 2 is 1.84 bits per heavy atom. The molecule has 0 aromatic heterocycles. The molecule has 0 rings (SSSR count). The Balaban J connectivity index is 3.77. The quantitative estimate of drug-likeness (QED) is 0.400. The molecule has 0 unspecified atom stereocenters. The lowest BCUT2D eigenvalue weighted by molar-refractivity contribution is 0.208. The van der Waals surface area contributed by atoms with Gasteiger partial charge in [-0.25, -0.2) is 0 Å². The summed E-state index contributed by atoms with van der Waals surface area (Å²) >= 11 is 0. The molecule has 19 heavy (non-hydrogen) atoms. The van der Waals surface area contributed by atoms with Crippen molar-refractivity contribution < 1.29 is 10.2 Å². The molecular weight excluding hydrogens is 236 g/mol. The molecule has 0 heterocycles. The van der Waals surface area contributed by atoms with Crippen LogP contribution in [0.1, 0.15) is 45.4 Å². The minimum absolute atomic E-state index is 0.428. The van der Waals surface area contributed by atoms with Crippen LogP contribution < -0.4 is 0 Å². The van der Waals surface area contributed by atoms with Crippen molar-refractivity contribution in [3.63, 3.8) is 0 Å². The van der Waals surface area contributed by atoms with Gasteiger partial charge >= 0.3 is 0 Å². The fourth-order valence-electron chi connectivity index (χ4n) is 1.46. The van der Waals surface area contributed by atoms with Crippen molar-refractivity contribution in [3.05, 3.63) is 24.8 Å². The summed E-state index contributed by atoms with van der Waals surface area (Å²) in [5.41, 5.74) is 0. The van der Waals surface area contributed by atoms with Crippen molar-refractivity contribution in [1.82, 2.24) is 0 Å². The van der Waals surface area contributed by atoms with E-state index in [-0.39, 0.29) is 0 Å². The molecule has 0 aromatic carbocycles. The molecule has 0 aliphatic carbocycles. The van der Waals surface area contributed by atoms with Gasteiger partial charge in [0.2, 0.25) is 0 Å². The second-order valence-corrected chi connectivity index (χ2v) is 4.35. The van der Waals surface area contributed by atoms with Crippen LogP contribution in [0.5, 0.6) is 0 Å². The summed E-state index contributed by atoms with van der Waals surface area (Å²) in [6.45, 7) is 5.59. The molecule has 2 N–H and O–H groups in total. The summed E-state index contributed by atoms with van der Waals surface area (Å²) in [5, 5.41) is 18.7. The first-order chi connectivity index (χ1) is 9.20. The maximum Gasteiger partial charge on any atom is 0.134 e. The average Bonchev–Trinajstić information content (AvgIpc) is 2.42. The number of rotatable bonds is 8. The standard InChI is InChI=1S/C17H24O2/c1-3-5-6-7-11-14-17(19)15-12-9-8-10-13-16(18)4-2/h4,12,15-19H,2-3,5-7,11,14H2,1H3/t16-,17+/m0/s1. The molecule has 0 fully saturated rings. The topological polar surface area (TPSA) is 40.5 Å². The fourth-order valence-corrected chi connectivity index (χ4v) is 1.46. The Morgan fingerprint density at radius 1 is 1.11 bits per heavy atom. The third-order valence-corrected chi connectivity index (χ3v) is 2.58. The summed E-state index contributed by atoms with van der Waals surface area (Å²) in [7, 11) is 0. The fraction of sp³-hybridized carbons (Fsp3) is 0.529. The molecule has 2 atom stereocenters. The van der Waals surface area contributed by atoms with Crippen molar-refractivity contribution in [2.24, 2.45) is 0 Å². The Morgan fingerprint density at radius 3 is 2.53 bits per heavy atom. The van der Waals surface area contributed by atoms with E-state index in [9.17, 15) is 5.11 Å². The van der Waals surface area contributed by atoms with Crippen molar-refractivity contribution >= 4 is 0 Å². The minimum Gasteiger partial charge on any atom is -0.389 e. The zero-order valence-electron chi connectivity index (χ0n) is 11.7. The van der Waals surface area contributed by atoms with Gasteiger partial charge in [0.25, 0.3) is 0 Å². The summed E-state index contributed by atoms with van der Waals surface area (Å²) in [5.74, 6) is 10.3. The SMILES string of the molecule is C=C[C@H](O)C#CC#CC=C[C@H](O)CCCCCCC. The molecule has 0 radical (unpaired) electrons. The van der Waals surface area contributed by atoms with E-state index in [2.05, 4.69) is 37.2 Å². The van der Waals surface area contributed by atoms with Gasteiger partial charge in [0.1, 0.15) is 6.10 Å². The van der Waals surface area contributed by atoms with E-state index < -0.39 is 12.2 Å². The van der Waals surface area contributed by atoms with Gasteiger partial charge < -0.3 is 10.2 Å². The Hall–Kier alpha value is -1.48. The van der Waals surface area contributed by atoms with Crippen LogP contribution in [0.3, 0.4) is 0 Å². The molecule has 2 heteroatoms. The smallest absolute Gasteiger partial charge is 0.134 e. The Labute approximate surface area is 117 Å². The van der Waals surface area contributed by atoms with E-state index in [4.69, 9.17) is 5.11 Å². The van der Waals surface area contributed by atoms with E-state index in [1.807, 2.05) is 0 Å². The highest BCUT2D eigenvalue weighted by atomic mass is 16.3. The van der Waals surface area contributed by atoms with E-state index in [1.165, 1.54) is 31.8 Å². The average molecular weight is 260 g/mol. The predicted octanol–water partition coefficient (Wildman–Crippen LogP) is 2.82. The van der Waals surface area contributed by atoms with Crippen LogP contribution >= 0.6 is 0 Å². The van der Waals surface area contributed by atoms with Crippen LogP contribution in [-0.4, -0.2) is 22.4 Å². The Bertz CT molecular complexity index is 374. The molecule has 0 amide bonds. The number of hydrogen-bond acceptors (Lipinski definition) is 2. The lowest BCUT2D eigenvalue weighted by Crippen LogP contribution is -2.01. The van der Waals surface area contributed by atoms with Crippen molar-refractivity contribution in [2.45, 2.75) is 57.7 Å². The monoisotopic (exact) mass is 260 g/mol. The van der Waals surface area contributed by atoms with Crippen LogP contribution in [0, 0.1) is 23.7 Å². The summed E-state index contributed by atoms with van der Waals surface area (Å²) in [6, 6.07) is 0. The van der Waals surface area contributed by atoms with Gasteiger partial charge in [0.15, 0.2) is 0 Å². The van der Waals surface area contributed by atoms with Crippen LogP contribution in [0.2, 0.25) is 0 Å². The van der Waals surface area contributed by atoms with Crippen LogP contribution in [0.15, 0.2) is 24.8 Å². The molecule has 0 spiro atoms. The Kier molecular flexibility index (Phi) is 12.0. The maximum absolute atomic E-state index is 9.64. The highest BCUT2D eigenvalue weighted by molar-refractivity contribution is 5.32. The molecule has 0 aliphatic heterocycles. The van der Waals surface area contributed by atoms with Gasteiger partial charge in [0.05, 0.1) is 6.10 Å². The van der Waals surface area contributed by atoms with Crippen LogP contribution in [0.4, 0.5) is 0 Å². The minimum atomic E-state index is -0.827. The van der Waals surface area contributed by atoms with Crippen LogP contribution in [0.25, 0.3) is 0 Å². The highest BCUT2D eigenvalue weighted by Gasteiger charge is 1.97. The highest BCUT2D eigenvalue weighted by Crippen LogP contribution is 2.07. The molecular formula is C17H24O2. The van der Waals surface area contributed by atoms with Gasteiger partial charge in [-0.15, -0.1) is 0 Å². The summed E-state index contributed by atoms with van der Waals surface area (Å²) in [4.78, 5) is 0. The van der Waals surface area contributed by atoms with E-state index in [0.717, 1.165) is 12.8 Å². The molecule has 104 valence electrons. The number of unbranched alkanes of at least 4 members (excludes halogenated alkanes) is 4. The summed E-state index contributed by atoms with van der Waals surface area (Å²) < 4.78 is 0. The number of aliphatic hydroxyl groups is 2. The molecule has 0 saturated heterocycles. The second kappa shape index (κ2) is 13.0. The maximum atomic E-state index is 9.64. The molecule has 0 bridgehead atoms. The third-order valence-electron chi connectivity index (χ3n) is 2.58. The summed E-state index contributed by atoms with van der Waals surface area (Å²) in [6.07, 6.45) is 10.1. The third kappa shape index (κ3) is 12.8. The van der Waals surface area contributed by atoms with Crippen molar-refractivity contribution in [1.29, 1.82) is 0 Å². The predicted molar refractivity (Wildman–Crippen MR) is 80.3 cm³/mol. The van der Waals surface area contributed by atoms with Gasteiger partial charge in [0, 0.05) is 0 Å². The van der Waals surface area contributed by atoms with Crippen LogP contribution in [-0.2, 0) is 0 Å². The molecule has 0 aromatic rings. The van der Waals surface area contributed by atoms with Gasteiger partial charge in [-0.3, -0.25) is 0 Å². The van der Waals surface area contributed by atoms with Gasteiger partial charge in [-0.2, -0.15) is 0 Å². The zero-order chi connectivity index (χ0) is 14.3. The lowest BCUT2D eigenvalue weighted by Gasteiger charge is -2.03. The van der Waals surface area contributed by atoms with Crippen molar-refractivity contribution in [2.75, 3.05) is 0 Å². The first-order valence-electron chi connectivity index (χ1n) is 6.87. The van der Waals surface area contributed by atoms with Gasteiger partial charge in [-0.1, -0.05) is 63.5 Å². The van der Waals surface area contributed by atoms with Crippen molar-refractivity contribution in [3.8, 4) is 23.7 Å². The van der Waals surface area contributed by atoms with E-state index in [0.29, 0.717) is 0 Å². The molecule has 0 aliphatic rings. The van der Waals surface area contributed by atoms with Gasteiger partial charge in [-0.05, 0) is 30.4 Å². The second-order valence-electron chi connectivity index (χ2n) is 4.35. The zero-order valence-corrected chi connectivity index (χ0v) is 11.7. The van der Waals surface area contributed by atoms with E-state index >= 15 is 0 Å². The number of allylic oxidation sites excluding steroid dienone is 1. The first kappa shape index (κ1) is 17.5. The number of hydrogen-bond donors (Lipinski definition) is 2. The molecule has 2 nitrogen and oxygen atoms in total. The first-order valence-corrected chi connectivity index (χ1v) is 6.87.